The second-order valence-corrected chi connectivity index (χ2v) is 8.33. The highest BCUT2D eigenvalue weighted by atomic mass is 35.5. The first-order chi connectivity index (χ1) is 12.3. The summed E-state index contributed by atoms with van der Waals surface area (Å²) in [5.74, 6) is 0.141. The number of halogens is 1. The number of hydrogen-bond acceptors (Lipinski definition) is 5. The summed E-state index contributed by atoms with van der Waals surface area (Å²) in [6.45, 7) is 3.35. The molecule has 1 N–H and O–H groups in total. The van der Waals surface area contributed by atoms with Crippen LogP contribution >= 0.6 is 11.6 Å². The second kappa shape index (κ2) is 7.09. The maximum atomic E-state index is 12.0. The molecule has 3 aromatic rings. The predicted octanol–water partition coefficient (Wildman–Crippen LogP) is 4.29. The summed E-state index contributed by atoms with van der Waals surface area (Å²) >= 11 is 6.25. The minimum absolute atomic E-state index is 0.00815. The van der Waals surface area contributed by atoms with E-state index in [2.05, 4.69) is 10.3 Å². The maximum absolute atomic E-state index is 12.0. The van der Waals surface area contributed by atoms with Gasteiger partial charge in [-0.2, -0.15) is 0 Å². The Balaban J connectivity index is 2.05. The van der Waals surface area contributed by atoms with E-state index >= 15 is 0 Å². The van der Waals surface area contributed by atoms with Gasteiger partial charge in [-0.15, -0.1) is 0 Å². The van der Waals surface area contributed by atoms with Crippen LogP contribution in [0, 0.1) is 0 Å². The van der Waals surface area contributed by atoms with Crippen LogP contribution in [0.4, 0.5) is 5.69 Å². The Morgan fingerprint density at radius 2 is 1.96 bits per heavy atom. The molecule has 136 valence electrons. The van der Waals surface area contributed by atoms with Gasteiger partial charge >= 0.3 is 0 Å². The van der Waals surface area contributed by atoms with Gasteiger partial charge in [0.1, 0.15) is 5.52 Å². The topological polar surface area (TPSA) is 89.3 Å². The van der Waals surface area contributed by atoms with Gasteiger partial charge in [0.2, 0.25) is 11.8 Å². The van der Waals surface area contributed by atoms with E-state index in [1.165, 1.54) is 12.1 Å². The zero-order valence-electron chi connectivity index (χ0n) is 14.2. The zero-order valence-corrected chi connectivity index (χ0v) is 15.8. The smallest absolute Gasteiger partial charge is 0.228 e. The van der Waals surface area contributed by atoms with Crippen molar-refractivity contribution in [2.45, 2.75) is 25.2 Å². The number of nitrogens with zero attached hydrogens (tertiary/aromatic N) is 1. The number of oxazole rings is 1. The minimum Gasteiger partial charge on any atom is -0.436 e. The van der Waals surface area contributed by atoms with Crippen molar-refractivity contribution in [1.29, 1.82) is 0 Å². The summed E-state index contributed by atoms with van der Waals surface area (Å²) < 4.78 is 29.8. The van der Waals surface area contributed by atoms with Gasteiger partial charge in [0.15, 0.2) is 15.4 Å². The Bertz CT molecular complexity index is 1090. The van der Waals surface area contributed by atoms with Gasteiger partial charge < -0.3 is 9.73 Å². The van der Waals surface area contributed by atoms with Crippen LogP contribution < -0.4 is 5.32 Å². The molecule has 3 rings (SSSR count). The van der Waals surface area contributed by atoms with Crippen molar-refractivity contribution in [3.05, 3.63) is 41.4 Å². The number of nitrogens with one attached hydrogen (secondary N) is 1. The van der Waals surface area contributed by atoms with Gasteiger partial charge in [-0.1, -0.05) is 25.4 Å². The van der Waals surface area contributed by atoms with E-state index in [4.69, 9.17) is 16.0 Å². The Morgan fingerprint density at radius 3 is 2.65 bits per heavy atom. The van der Waals surface area contributed by atoms with Gasteiger partial charge in [0, 0.05) is 12.1 Å². The summed E-state index contributed by atoms with van der Waals surface area (Å²) in [5.41, 5.74) is 1.96. The molecule has 0 unspecified atom stereocenters. The number of carbonyl (C=O) groups is 1. The SMILES string of the molecule is CCC(=O)Nc1ccc(Cl)c(-c2nc3cc(S(=O)(=O)CC)ccc3o2)c1. The highest BCUT2D eigenvalue weighted by Gasteiger charge is 2.17. The van der Waals surface area contributed by atoms with Gasteiger partial charge in [-0.3, -0.25) is 4.79 Å². The first kappa shape index (κ1) is 18.4. The molecule has 0 aliphatic rings. The Hall–Kier alpha value is -2.38. The van der Waals surface area contributed by atoms with Crippen LogP contribution in [0.1, 0.15) is 20.3 Å². The van der Waals surface area contributed by atoms with Gasteiger partial charge in [0.25, 0.3) is 0 Å². The minimum atomic E-state index is -3.33. The van der Waals surface area contributed by atoms with Gasteiger partial charge in [-0.25, -0.2) is 13.4 Å². The van der Waals surface area contributed by atoms with Crippen molar-refractivity contribution in [1.82, 2.24) is 4.98 Å². The monoisotopic (exact) mass is 392 g/mol. The van der Waals surface area contributed by atoms with E-state index in [0.717, 1.165) is 0 Å². The van der Waals surface area contributed by atoms with E-state index in [1.807, 2.05) is 0 Å². The number of aromatic nitrogens is 1. The molecule has 1 amide bonds. The fourth-order valence-corrected chi connectivity index (χ4v) is 3.50. The van der Waals surface area contributed by atoms with Crippen molar-refractivity contribution in [2.24, 2.45) is 0 Å². The van der Waals surface area contributed by atoms with Crippen molar-refractivity contribution in [3.63, 3.8) is 0 Å². The zero-order chi connectivity index (χ0) is 18.9. The van der Waals surface area contributed by atoms with Crippen molar-refractivity contribution >= 4 is 44.1 Å². The number of fused-ring (bicyclic) bond motifs is 1. The molecular weight excluding hydrogens is 376 g/mol. The molecule has 1 aromatic heterocycles. The van der Waals surface area contributed by atoms with Crippen molar-refractivity contribution in [3.8, 4) is 11.5 Å². The quantitative estimate of drug-likeness (QED) is 0.699. The van der Waals surface area contributed by atoms with E-state index < -0.39 is 9.84 Å². The highest BCUT2D eigenvalue weighted by Crippen LogP contribution is 2.33. The Labute approximate surface area is 156 Å². The van der Waals surface area contributed by atoms with E-state index in [0.29, 0.717) is 33.8 Å². The molecule has 2 aromatic carbocycles. The van der Waals surface area contributed by atoms with Gasteiger partial charge in [-0.05, 0) is 36.4 Å². The predicted molar refractivity (Wildman–Crippen MR) is 101 cm³/mol. The molecule has 0 saturated carbocycles. The molecular formula is C18H17ClN2O4S. The molecule has 26 heavy (non-hydrogen) atoms. The normalized spacial score (nSPS) is 11.7. The molecule has 1 heterocycles. The maximum Gasteiger partial charge on any atom is 0.228 e. The number of hydrogen-bond donors (Lipinski definition) is 1. The Kier molecular flexibility index (Phi) is 5.02. The molecule has 0 aliphatic carbocycles. The van der Waals surface area contributed by atoms with E-state index in [9.17, 15) is 13.2 Å². The lowest BCUT2D eigenvalue weighted by atomic mass is 10.2. The van der Waals surface area contributed by atoms with Crippen LogP contribution in [0.3, 0.4) is 0 Å². The van der Waals surface area contributed by atoms with E-state index in [1.54, 1.807) is 38.1 Å². The third-order valence-electron chi connectivity index (χ3n) is 3.90. The first-order valence-electron chi connectivity index (χ1n) is 8.07. The lowest BCUT2D eigenvalue weighted by Crippen LogP contribution is -2.09. The van der Waals surface area contributed by atoms with Crippen LogP contribution in [0.25, 0.3) is 22.6 Å². The van der Waals surface area contributed by atoms with Crippen molar-refractivity contribution in [2.75, 3.05) is 11.1 Å². The lowest BCUT2D eigenvalue weighted by molar-refractivity contribution is -0.115. The summed E-state index contributed by atoms with van der Waals surface area (Å²) in [4.78, 5) is 16.1. The number of rotatable bonds is 5. The van der Waals surface area contributed by atoms with E-state index in [-0.39, 0.29) is 22.4 Å². The molecule has 0 saturated heterocycles. The van der Waals surface area contributed by atoms with Crippen molar-refractivity contribution < 1.29 is 17.6 Å². The number of carbonyl (C=O) groups excluding carboxylic acids is 1. The molecule has 0 fully saturated rings. The van der Waals surface area contributed by atoms with Crippen LogP contribution in [-0.4, -0.2) is 25.1 Å². The largest absolute Gasteiger partial charge is 0.436 e. The number of sulfone groups is 1. The molecule has 6 nitrogen and oxygen atoms in total. The first-order valence-corrected chi connectivity index (χ1v) is 10.1. The second-order valence-electron chi connectivity index (χ2n) is 5.65. The van der Waals surface area contributed by atoms with Crippen LogP contribution in [0.5, 0.6) is 0 Å². The average molecular weight is 393 g/mol. The summed E-state index contributed by atoms with van der Waals surface area (Å²) in [6.07, 6.45) is 0.357. The number of amides is 1. The molecule has 0 spiro atoms. The Morgan fingerprint density at radius 1 is 1.19 bits per heavy atom. The third kappa shape index (κ3) is 3.59. The molecule has 8 heteroatoms. The summed E-state index contributed by atoms with van der Waals surface area (Å²) in [6, 6.07) is 9.56. The van der Waals surface area contributed by atoms with Gasteiger partial charge in [0.05, 0.1) is 21.2 Å². The number of anilines is 1. The van der Waals surface area contributed by atoms with Crippen LogP contribution in [0.2, 0.25) is 5.02 Å². The summed E-state index contributed by atoms with van der Waals surface area (Å²) in [7, 11) is -3.33. The fourth-order valence-electron chi connectivity index (χ4n) is 2.40. The average Bonchev–Trinajstić information content (AvgIpc) is 3.06. The third-order valence-corrected chi connectivity index (χ3v) is 5.96. The summed E-state index contributed by atoms with van der Waals surface area (Å²) in [5, 5.41) is 3.16. The fraction of sp³-hybridized carbons (Fsp3) is 0.222. The molecule has 0 bridgehead atoms. The molecule has 0 radical (unpaired) electrons. The standard InChI is InChI=1S/C18H17ClN2O4S/c1-3-17(22)20-11-5-7-14(19)13(9-11)18-21-15-10-12(26(23,24)4-2)6-8-16(15)25-18/h5-10H,3-4H2,1-2H3,(H,20,22). The van der Waals surface area contributed by atoms with Crippen LogP contribution in [0.15, 0.2) is 45.7 Å². The molecule has 0 aliphatic heterocycles. The molecule has 0 atom stereocenters. The van der Waals surface area contributed by atoms with Crippen LogP contribution in [-0.2, 0) is 14.6 Å². The number of benzene rings is 2. The highest BCUT2D eigenvalue weighted by molar-refractivity contribution is 7.91. The lowest BCUT2D eigenvalue weighted by Gasteiger charge is -2.06.